The molecule has 0 saturated carbocycles. The Morgan fingerprint density at radius 2 is 2.24 bits per heavy atom. The Balaban J connectivity index is 2.27. The van der Waals surface area contributed by atoms with E-state index in [1.807, 2.05) is 18.3 Å². The minimum atomic E-state index is -0.485. The van der Waals surface area contributed by atoms with Crippen molar-refractivity contribution < 1.29 is 9.53 Å². The summed E-state index contributed by atoms with van der Waals surface area (Å²) in [5.74, 6) is 0.149. The molecule has 0 atom stereocenters. The highest BCUT2D eigenvalue weighted by Crippen LogP contribution is 2.23. The average Bonchev–Trinajstić information content (AvgIpc) is 2.70. The first-order valence-electron chi connectivity index (χ1n) is 5.42. The van der Waals surface area contributed by atoms with Crippen molar-refractivity contribution in [3.05, 3.63) is 30.0 Å². The molecule has 0 fully saturated rings. The molecule has 0 saturated heterocycles. The molecule has 0 bridgehead atoms. The molecule has 0 aliphatic rings. The molecule has 1 amide bonds. The van der Waals surface area contributed by atoms with Crippen molar-refractivity contribution in [2.45, 2.75) is 6.42 Å². The molecule has 5 N–H and O–H groups in total. The number of nitrogens with one attached hydrogen (secondary N) is 1. The molecule has 1 aromatic heterocycles. The van der Waals surface area contributed by atoms with Crippen LogP contribution >= 0.6 is 0 Å². The molecular weight excluding hydrogens is 218 g/mol. The second-order valence-corrected chi connectivity index (χ2v) is 3.81. The molecule has 17 heavy (non-hydrogen) atoms. The molecule has 2 rings (SSSR count). The minimum absolute atomic E-state index is 0.109. The largest absolute Gasteiger partial charge is 0.484 e. The van der Waals surface area contributed by atoms with Gasteiger partial charge in [-0.1, -0.05) is 0 Å². The molecular formula is C12H15N3O2. The van der Waals surface area contributed by atoms with Gasteiger partial charge in [0.1, 0.15) is 5.75 Å². The fourth-order valence-corrected chi connectivity index (χ4v) is 1.76. The standard InChI is InChI=1S/C12H15N3O2/c13-4-3-8-6-15-11-2-1-9(5-10(8)11)17-7-12(14)16/h1-2,5-6,15H,3-4,7,13H2,(H2,14,16). The number of fused-ring (bicyclic) bond motifs is 1. The van der Waals surface area contributed by atoms with Gasteiger partial charge in [-0.2, -0.15) is 0 Å². The SMILES string of the molecule is NCCc1c[nH]c2ccc(OCC(N)=O)cc12. The Morgan fingerprint density at radius 1 is 1.41 bits per heavy atom. The Hall–Kier alpha value is -2.01. The predicted molar refractivity (Wildman–Crippen MR) is 65.7 cm³/mol. The Bertz CT molecular complexity index is 534. The monoisotopic (exact) mass is 233 g/mol. The zero-order chi connectivity index (χ0) is 12.3. The zero-order valence-electron chi connectivity index (χ0n) is 9.40. The highest BCUT2D eigenvalue weighted by atomic mass is 16.5. The third-order valence-electron chi connectivity index (χ3n) is 2.53. The fourth-order valence-electron chi connectivity index (χ4n) is 1.76. The van der Waals surface area contributed by atoms with E-state index in [0.29, 0.717) is 12.3 Å². The molecule has 0 radical (unpaired) electrons. The van der Waals surface area contributed by atoms with Crippen LogP contribution in [0.25, 0.3) is 10.9 Å². The highest BCUT2D eigenvalue weighted by molar-refractivity contribution is 5.84. The third-order valence-corrected chi connectivity index (χ3v) is 2.53. The van der Waals surface area contributed by atoms with E-state index in [9.17, 15) is 4.79 Å². The summed E-state index contributed by atoms with van der Waals surface area (Å²) in [6.45, 7) is 0.488. The van der Waals surface area contributed by atoms with Gasteiger partial charge in [0.05, 0.1) is 0 Å². The van der Waals surface area contributed by atoms with Crippen LogP contribution in [0.2, 0.25) is 0 Å². The van der Waals surface area contributed by atoms with Gasteiger partial charge in [-0.3, -0.25) is 4.79 Å². The summed E-state index contributed by atoms with van der Waals surface area (Å²) in [7, 11) is 0. The molecule has 1 aromatic carbocycles. The van der Waals surface area contributed by atoms with Gasteiger partial charge in [0.2, 0.25) is 0 Å². The van der Waals surface area contributed by atoms with Gasteiger partial charge in [0.15, 0.2) is 6.61 Å². The van der Waals surface area contributed by atoms with Crippen LogP contribution in [0.4, 0.5) is 0 Å². The number of rotatable bonds is 5. The van der Waals surface area contributed by atoms with Crippen LogP contribution in [0, 0.1) is 0 Å². The van der Waals surface area contributed by atoms with Gasteiger partial charge in [-0.05, 0) is 36.7 Å². The summed E-state index contributed by atoms with van der Waals surface area (Å²) in [6.07, 6.45) is 2.74. The Morgan fingerprint density at radius 3 is 2.94 bits per heavy atom. The lowest BCUT2D eigenvalue weighted by Crippen LogP contribution is -2.19. The number of ether oxygens (including phenoxy) is 1. The highest BCUT2D eigenvalue weighted by Gasteiger charge is 2.05. The van der Waals surface area contributed by atoms with Gasteiger partial charge in [-0.25, -0.2) is 0 Å². The van der Waals surface area contributed by atoms with Crippen LogP contribution in [-0.4, -0.2) is 24.0 Å². The summed E-state index contributed by atoms with van der Waals surface area (Å²) in [6, 6.07) is 5.60. The van der Waals surface area contributed by atoms with Gasteiger partial charge in [0, 0.05) is 17.1 Å². The van der Waals surface area contributed by atoms with Crippen molar-refractivity contribution in [1.82, 2.24) is 4.98 Å². The molecule has 0 aliphatic heterocycles. The van der Waals surface area contributed by atoms with Crippen molar-refractivity contribution in [3.63, 3.8) is 0 Å². The third kappa shape index (κ3) is 2.57. The van der Waals surface area contributed by atoms with E-state index < -0.39 is 5.91 Å². The van der Waals surface area contributed by atoms with Crippen LogP contribution in [0.5, 0.6) is 5.75 Å². The number of H-pyrrole nitrogens is 1. The molecule has 0 unspecified atom stereocenters. The fraction of sp³-hybridized carbons (Fsp3) is 0.250. The van der Waals surface area contributed by atoms with Gasteiger partial charge < -0.3 is 21.2 Å². The van der Waals surface area contributed by atoms with E-state index in [1.54, 1.807) is 6.07 Å². The molecule has 0 aliphatic carbocycles. The van der Waals surface area contributed by atoms with Crippen LogP contribution in [0.1, 0.15) is 5.56 Å². The van der Waals surface area contributed by atoms with E-state index in [2.05, 4.69) is 4.98 Å². The molecule has 0 spiro atoms. The van der Waals surface area contributed by atoms with Crippen LogP contribution in [0.3, 0.4) is 0 Å². The second kappa shape index (κ2) is 4.88. The average molecular weight is 233 g/mol. The van der Waals surface area contributed by atoms with Gasteiger partial charge in [0.25, 0.3) is 5.91 Å². The van der Waals surface area contributed by atoms with Crippen LogP contribution in [0.15, 0.2) is 24.4 Å². The van der Waals surface area contributed by atoms with Gasteiger partial charge >= 0.3 is 0 Å². The lowest BCUT2D eigenvalue weighted by Gasteiger charge is -2.04. The number of carbonyl (C=O) groups excluding carboxylic acids is 1. The first-order chi connectivity index (χ1) is 8.20. The van der Waals surface area contributed by atoms with Crippen molar-refractivity contribution >= 4 is 16.8 Å². The Kier molecular flexibility index (Phi) is 3.30. The smallest absolute Gasteiger partial charge is 0.255 e. The maximum Gasteiger partial charge on any atom is 0.255 e. The Labute approximate surface area is 98.7 Å². The van der Waals surface area contributed by atoms with E-state index in [-0.39, 0.29) is 6.61 Å². The second-order valence-electron chi connectivity index (χ2n) is 3.81. The van der Waals surface area contributed by atoms with E-state index in [0.717, 1.165) is 22.9 Å². The summed E-state index contributed by atoms with van der Waals surface area (Å²) < 4.78 is 5.26. The number of primary amides is 1. The number of aromatic nitrogens is 1. The van der Waals surface area contributed by atoms with E-state index >= 15 is 0 Å². The topological polar surface area (TPSA) is 94.1 Å². The van der Waals surface area contributed by atoms with Gasteiger partial charge in [-0.15, -0.1) is 0 Å². The number of hydrogen-bond donors (Lipinski definition) is 3. The summed E-state index contributed by atoms with van der Waals surface area (Å²) in [5.41, 5.74) is 12.7. The molecule has 1 heterocycles. The number of benzene rings is 1. The molecule has 5 nitrogen and oxygen atoms in total. The summed E-state index contributed by atoms with van der Waals surface area (Å²) in [5, 5.41) is 1.07. The van der Waals surface area contributed by atoms with Crippen molar-refractivity contribution in [2.24, 2.45) is 11.5 Å². The first kappa shape index (κ1) is 11.5. The summed E-state index contributed by atoms with van der Waals surface area (Å²) in [4.78, 5) is 13.8. The minimum Gasteiger partial charge on any atom is -0.484 e. The molecule has 5 heteroatoms. The number of nitrogens with two attached hydrogens (primary N) is 2. The van der Waals surface area contributed by atoms with Crippen molar-refractivity contribution in [3.8, 4) is 5.75 Å². The quantitative estimate of drug-likeness (QED) is 0.703. The summed E-state index contributed by atoms with van der Waals surface area (Å²) >= 11 is 0. The number of amides is 1. The maximum atomic E-state index is 10.6. The number of hydrogen-bond acceptors (Lipinski definition) is 3. The predicted octanol–water partition coefficient (Wildman–Crippen LogP) is 0.533. The van der Waals surface area contributed by atoms with Crippen LogP contribution < -0.4 is 16.2 Å². The zero-order valence-corrected chi connectivity index (χ0v) is 9.40. The van der Waals surface area contributed by atoms with Crippen LogP contribution in [-0.2, 0) is 11.2 Å². The normalized spacial score (nSPS) is 10.6. The lowest BCUT2D eigenvalue weighted by molar-refractivity contribution is -0.119. The molecule has 2 aromatic rings. The van der Waals surface area contributed by atoms with Crippen molar-refractivity contribution in [1.29, 1.82) is 0 Å². The molecule has 90 valence electrons. The number of carbonyl (C=O) groups is 1. The number of aromatic amines is 1. The van der Waals surface area contributed by atoms with Crippen molar-refractivity contribution in [2.75, 3.05) is 13.2 Å². The maximum absolute atomic E-state index is 10.6. The first-order valence-corrected chi connectivity index (χ1v) is 5.42. The van der Waals surface area contributed by atoms with E-state index in [1.165, 1.54) is 0 Å². The lowest BCUT2D eigenvalue weighted by atomic mass is 10.1. The van der Waals surface area contributed by atoms with E-state index in [4.69, 9.17) is 16.2 Å².